The highest BCUT2D eigenvalue weighted by molar-refractivity contribution is 6.15. The minimum atomic E-state index is 0.160. The van der Waals surface area contributed by atoms with E-state index in [4.69, 9.17) is 4.42 Å². The molecule has 2 heterocycles. The molecule has 110 valence electrons. The summed E-state index contributed by atoms with van der Waals surface area (Å²) in [6.45, 7) is 0. The van der Waals surface area contributed by atoms with Crippen molar-refractivity contribution in [1.29, 1.82) is 0 Å². The summed E-state index contributed by atoms with van der Waals surface area (Å²) in [6.07, 6.45) is 9.67. The molecule has 0 amide bonds. The van der Waals surface area contributed by atoms with Crippen molar-refractivity contribution in [3.05, 3.63) is 35.4 Å². The number of carbonyl (C=O) groups excluding carboxylic acids is 1. The molecular weight excluding hydrogens is 264 g/mol. The number of hydrogen-bond acceptors (Lipinski definition) is 4. The van der Waals surface area contributed by atoms with Crippen LogP contribution in [0.15, 0.2) is 39.1 Å². The molecule has 4 heteroatoms. The Balaban J connectivity index is 1.63. The van der Waals surface area contributed by atoms with Gasteiger partial charge in [0.1, 0.15) is 5.76 Å². The molecular formula is C17H20N2O2. The number of nitrogens with zero attached hydrogens (tertiary/aromatic N) is 1. The topological polar surface area (TPSA) is 54.6 Å². The van der Waals surface area contributed by atoms with Crippen LogP contribution in [0.4, 0.5) is 0 Å². The lowest BCUT2D eigenvalue weighted by Crippen LogP contribution is -2.41. The Labute approximate surface area is 124 Å². The second-order valence-electron chi connectivity index (χ2n) is 6.32. The van der Waals surface area contributed by atoms with Crippen LogP contribution in [-0.2, 0) is 4.79 Å². The lowest BCUT2D eigenvalue weighted by atomic mass is 9.84. The highest BCUT2D eigenvalue weighted by atomic mass is 16.3. The van der Waals surface area contributed by atoms with Gasteiger partial charge in [0.05, 0.1) is 17.9 Å². The van der Waals surface area contributed by atoms with Crippen molar-refractivity contribution in [3.63, 3.8) is 0 Å². The smallest absolute Gasteiger partial charge is 0.166 e. The SMILES string of the molecule is O=C1CC(c2ccco2)CC2=C1C=NC1CCCCC1N2. The maximum Gasteiger partial charge on any atom is 0.166 e. The molecule has 3 aliphatic rings. The quantitative estimate of drug-likeness (QED) is 0.862. The average Bonchev–Trinajstić information content (AvgIpc) is 2.95. The molecule has 1 aromatic heterocycles. The second kappa shape index (κ2) is 5.17. The highest BCUT2D eigenvalue weighted by Gasteiger charge is 2.34. The summed E-state index contributed by atoms with van der Waals surface area (Å²) in [5.41, 5.74) is 1.87. The van der Waals surface area contributed by atoms with Crippen LogP contribution in [0.25, 0.3) is 0 Å². The number of furan rings is 1. The maximum atomic E-state index is 12.5. The van der Waals surface area contributed by atoms with Crippen molar-refractivity contribution in [2.75, 3.05) is 0 Å². The normalized spacial score (nSPS) is 32.2. The van der Waals surface area contributed by atoms with Crippen molar-refractivity contribution in [2.24, 2.45) is 4.99 Å². The van der Waals surface area contributed by atoms with Gasteiger partial charge in [-0.05, 0) is 31.4 Å². The molecule has 1 fully saturated rings. The third kappa shape index (κ3) is 2.33. The fourth-order valence-electron chi connectivity index (χ4n) is 3.79. The molecule has 3 atom stereocenters. The summed E-state index contributed by atoms with van der Waals surface area (Å²) in [7, 11) is 0. The molecule has 0 bridgehead atoms. The summed E-state index contributed by atoms with van der Waals surface area (Å²) >= 11 is 0. The van der Waals surface area contributed by atoms with Crippen LogP contribution in [0.1, 0.15) is 50.2 Å². The van der Waals surface area contributed by atoms with Gasteiger partial charge >= 0.3 is 0 Å². The Morgan fingerprint density at radius 3 is 3.00 bits per heavy atom. The van der Waals surface area contributed by atoms with Crippen molar-refractivity contribution < 1.29 is 9.21 Å². The Hall–Kier alpha value is -1.84. The van der Waals surface area contributed by atoms with Crippen molar-refractivity contribution in [2.45, 2.75) is 56.5 Å². The number of Topliss-reactive ketones (excluding diaryl/α,β-unsaturated/α-hetero) is 1. The van der Waals surface area contributed by atoms with E-state index < -0.39 is 0 Å². The van der Waals surface area contributed by atoms with Crippen LogP contribution in [0.5, 0.6) is 0 Å². The van der Waals surface area contributed by atoms with Gasteiger partial charge in [-0.25, -0.2) is 0 Å². The average molecular weight is 284 g/mol. The minimum Gasteiger partial charge on any atom is -0.469 e. The summed E-state index contributed by atoms with van der Waals surface area (Å²) in [5, 5.41) is 3.63. The first kappa shape index (κ1) is 12.9. The van der Waals surface area contributed by atoms with Gasteiger partial charge in [-0.2, -0.15) is 0 Å². The Bertz CT molecular complexity index is 600. The van der Waals surface area contributed by atoms with E-state index in [0.29, 0.717) is 18.5 Å². The van der Waals surface area contributed by atoms with Crippen LogP contribution >= 0.6 is 0 Å². The molecule has 1 aromatic rings. The van der Waals surface area contributed by atoms with E-state index in [-0.39, 0.29) is 11.7 Å². The van der Waals surface area contributed by atoms with Crippen LogP contribution < -0.4 is 5.32 Å². The predicted molar refractivity (Wildman–Crippen MR) is 80.4 cm³/mol. The number of aliphatic imine (C=N–C) groups is 1. The predicted octanol–water partition coefficient (Wildman–Crippen LogP) is 2.97. The Kier molecular flexibility index (Phi) is 3.17. The number of ketones is 1. The summed E-state index contributed by atoms with van der Waals surface area (Å²) < 4.78 is 5.50. The van der Waals surface area contributed by atoms with Crippen molar-refractivity contribution in [1.82, 2.24) is 5.32 Å². The van der Waals surface area contributed by atoms with E-state index in [9.17, 15) is 4.79 Å². The molecule has 1 N–H and O–H groups in total. The Morgan fingerprint density at radius 2 is 2.14 bits per heavy atom. The van der Waals surface area contributed by atoms with Gasteiger partial charge in [-0.1, -0.05) is 12.8 Å². The van der Waals surface area contributed by atoms with E-state index in [1.807, 2.05) is 18.3 Å². The van der Waals surface area contributed by atoms with Crippen LogP contribution in [0.3, 0.4) is 0 Å². The van der Waals surface area contributed by atoms with Gasteiger partial charge in [0, 0.05) is 30.3 Å². The molecule has 3 unspecified atom stereocenters. The summed E-state index contributed by atoms with van der Waals surface area (Å²) in [4.78, 5) is 17.1. The van der Waals surface area contributed by atoms with Gasteiger partial charge in [-0.3, -0.25) is 9.79 Å². The number of hydrogen-bond donors (Lipinski definition) is 1. The summed E-state index contributed by atoms with van der Waals surface area (Å²) in [6, 6.07) is 4.59. The number of fused-ring (bicyclic) bond motifs is 1. The Morgan fingerprint density at radius 1 is 1.24 bits per heavy atom. The van der Waals surface area contributed by atoms with Gasteiger partial charge in [-0.15, -0.1) is 0 Å². The number of allylic oxidation sites excluding steroid dienone is 2. The molecule has 0 spiro atoms. The van der Waals surface area contributed by atoms with Crippen LogP contribution in [0.2, 0.25) is 0 Å². The molecule has 0 saturated heterocycles. The summed E-state index contributed by atoms with van der Waals surface area (Å²) in [5.74, 6) is 1.26. The highest BCUT2D eigenvalue weighted by Crippen LogP contribution is 2.35. The van der Waals surface area contributed by atoms with E-state index >= 15 is 0 Å². The third-order valence-corrected chi connectivity index (χ3v) is 4.94. The lowest BCUT2D eigenvalue weighted by Gasteiger charge is -2.31. The first-order chi connectivity index (χ1) is 10.3. The molecule has 1 saturated carbocycles. The lowest BCUT2D eigenvalue weighted by molar-refractivity contribution is -0.116. The molecule has 0 radical (unpaired) electrons. The fraction of sp³-hybridized carbons (Fsp3) is 0.529. The van der Waals surface area contributed by atoms with Crippen LogP contribution in [0, 0.1) is 0 Å². The third-order valence-electron chi connectivity index (χ3n) is 4.94. The zero-order valence-corrected chi connectivity index (χ0v) is 12.0. The molecule has 0 aromatic carbocycles. The molecule has 2 aliphatic carbocycles. The van der Waals surface area contributed by atoms with E-state index in [2.05, 4.69) is 10.3 Å². The van der Waals surface area contributed by atoms with Crippen molar-refractivity contribution in [3.8, 4) is 0 Å². The standard InChI is InChI=1S/C17H20N2O2/c20-16-9-11(17-6-3-7-21-17)8-15-12(16)10-18-13-4-1-2-5-14(13)19-15/h3,6-7,10-11,13-14,19H,1-2,4-5,8-9H2. The van der Waals surface area contributed by atoms with Gasteiger partial charge in [0.25, 0.3) is 0 Å². The molecule has 4 rings (SSSR count). The van der Waals surface area contributed by atoms with Gasteiger partial charge < -0.3 is 9.73 Å². The molecule has 21 heavy (non-hydrogen) atoms. The number of nitrogens with one attached hydrogen (secondary N) is 1. The minimum absolute atomic E-state index is 0.160. The zero-order valence-electron chi connectivity index (χ0n) is 12.0. The molecule has 4 nitrogen and oxygen atoms in total. The van der Waals surface area contributed by atoms with E-state index in [1.165, 1.54) is 12.8 Å². The van der Waals surface area contributed by atoms with Crippen molar-refractivity contribution >= 4 is 12.0 Å². The van der Waals surface area contributed by atoms with Gasteiger partial charge in [0.15, 0.2) is 5.78 Å². The van der Waals surface area contributed by atoms with Gasteiger partial charge in [0.2, 0.25) is 0 Å². The van der Waals surface area contributed by atoms with E-state index in [0.717, 1.165) is 36.3 Å². The van der Waals surface area contributed by atoms with Crippen LogP contribution in [-0.4, -0.2) is 24.1 Å². The second-order valence-corrected chi connectivity index (χ2v) is 6.32. The first-order valence-corrected chi connectivity index (χ1v) is 7.91. The molecule has 1 aliphatic heterocycles. The monoisotopic (exact) mass is 284 g/mol. The zero-order chi connectivity index (χ0) is 14.2. The van der Waals surface area contributed by atoms with E-state index in [1.54, 1.807) is 6.26 Å². The number of rotatable bonds is 1. The largest absolute Gasteiger partial charge is 0.469 e. The first-order valence-electron chi connectivity index (χ1n) is 7.91. The maximum absolute atomic E-state index is 12.5. The number of carbonyl (C=O) groups is 1. The fourth-order valence-corrected chi connectivity index (χ4v) is 3.79.